The van der Waals surface area contributed by atoms with Crippen molar-refractivity contribution in [1.29, 1.82) is 0 Å². The number of carbonyl (C=O) groups is 6. The van der Waals surface area contributed by atoms with Gasteiger partial charge < -0.3 is 40.5 Å². The zero-order valence-corrected chi connectivity index (χ0v) is 36.4. The predicted molar refractivity (Wildman–Crippen MR) is 221 cm³/mol. The number of likely N-dealkylation sites (N-methyl/N-ethyl adjacent to an activating group) is 1. The number of hydrogen-bond donors (Lipinski definition) is 5. The summed E-state index contributed by atoms with van der Waals surface area (Å²) in [5.74, 6) is -4.64. The van der Waals surface area contributed by atoms with Crippen LogP contribution in [0.2, 0.25) is 0 Å². The molecule has 1 aliphatic rings. The molecule has 9 atom stereocenters. The van der Waals surface area contributed by atoms with Gasteiger partial charge in [0, 0.05) is 46.1 Å². The maximum atomic E-state index is 14.1. The van der Waals surface area contributed by atoms with E-state index in [-0.39, 0.29) is 67.2 Å². The first-order chi connectivity index (χ1) is 27.4. The van der Waals surface area contributed by atoms with Crippen LogP contribution in [0.4, 0.5) is 0 Å². The molecule has 1 aliphatic heterocycles. The number of hydrogen-bond acceptors (Lipinski definition) is 9. The highest BCUT2D eigenvalue weighted by Gasteiger charge is 2.42. The van der Waals surface area contributed by atoms with Crippen LogP contribution < -0.4 is 16.0 Å². The maximum absolute atomic E-state index is 14.1. The third-order valence-corrected chi connectivity index (χ3v) is 11.6. The molecule has 1 fully saturated rings. The Bertz CT molecular complexity index is 1480. The molecule has 0 bridgehead atoms. The largest absolute Gasteiger partial charge is 0.481 e. The van der Waals surface area contributed by atoms with Crippen molar-refractivity contribution in [3.8, 4) is 0 Å². The Kier molecular flexibility index (Phi) is 21.4. The van der Waals surface area contributed by atoms with E-state index >= 15 is 0 Å². The Balaban J connectivity index is 2.16. The highest BCUT2D eigenvalue weighted by molar-refractivity contribution is 5.90. The molecule has 0 radical (unpaired) electrons. The molecule has 1 saturated heterocycles. The van der Waals surface area contributed by atoms with Gasteiger partial charge in [0.1, 0.15) is 12.1 Å². The Hall–Kier alpha value is -4.08. The first-order valence-corrected chi connectivity index (χ1v) is 20.8. The lowest BCUT2D eigenvalue weighted by Crippen LogP contribution is -2.57. The number of rotatable bonds is 26. The van der Waals surface area contributed by atoms with E-state index in [1.54, 1.807) is 38.1 Å². The molecule has 1 aromatic rings. The number of ether oxygens (including phenoxy) is 2. The van der Waals surface area contributed by atoms with Crippen LogP contribution in [0.1, 0.15) is 92.6 Å². The maximum Gasteiger partial charge on any atom is 0.326 e. The van der Waals surface area contributed by atoms with Crippen LogP contribution in [-0.4, -0.2) is 133 Å². The minimum Gasteiger partial charge on any atom is -0.481 e. The lowest BCUT2D eigenvalue weighted by molar-refractivity contribution is -0.145. The number of carboxylic acids is 2. The van der Waals surface area contributed by atoms with E-state index in [1.165, 1.54) is 7.11 Å². The molecular weight excluding hydrogens is 746 g/mol. The van der Waals surface area contributed by atoms with Crippen LogP contribution in [-0.2, 0) is 44.7 Å². The van der Waals surface area contributed by atoms with Gasteiger partial charge in [0.15, 0.2) is 0 Å². The highest BCUT2D eigenvalue weighted by atomic mass is 16.5. The van der Waals surface area contributed by atoms with Crippen molar-refractivity contribution >= 4 is 35.6 Å². The molecule has 0 aromatic heterocycles. The summed E-state index contributed by atoms with van der Waals surface area (Å²) in [5, 5.41) is 27.6. The third-order valence-electron chi connectivity index (χ3n) is 11.6. The van der Waals surface area contributed by atoms with Crippen LogP contribution in [0.15, 0.2) is 30.3 Å². The summed E-state index contributed by atoms with van der Waals surface area (Å²) >= 11 is 0. The SMILES string of the molecule is CC[C@H](C)[C@@H](CNC(=O)[C@@H](NC(=O)[C@H](C(C)C)N(C)CCCC(=O)O)C(C)C)[C@@H](CC(=O)N1CCC[C@H]1[C@H](OC)[C@@H](C)C(=O)N[C@@H](Cc1ccccc1)C(=O)O)OC. The number of amides is 4. The monoisotopic (exact) mass is 818 g/mol. The van der Waals surface area contributed by atoms with Gasteiger partial charge in [-0.2, -0.15) is 0 Å². The highest BCUT2D eigenvalue weighted by Crippen LogP contribution is 2.30. The van der Waals surface area contributed by atoms with E-state index in [2.05, 4.69) is 16.0 Å². The number of carbonyl (C=O) groups excluding carboxylic acids is 4. The molecule has 2 rings (SSSR count). The van der Waals surface area contributed by atoms with Gasteiger partial charge in [0.05, 0.1) is 36.6 Å². The fourth-order valence-electron chi connectivity index (χ4n) is 8.07. The third kappa shape index (κ3) is 14.9. The van der Waals surface area contributed by atoms with Crippen LogP contribution in [0, 0.1) is 29.6 Å². The lowest BCUT2D eigenvalue weighted by Gasteiger charge is -2.36. The average molecular weight is 818 g/mol. The van der Waals surface area contributed by atoms with Crippen molar-refractivity contribution in [3.05, 3.63) is 35.9 Å². The van der Waals surface area contributed by atoms with Crippen molar-refractivity contribution in [2.24, 2.45) is 29.6 Å². The molecule has 15 heteroatoms. The Morgan fingerprint density at radius 2 is 1.55 bits per heavy atom. The number of aliphatic carboxylic acids is 2. The van der Waals surface area contributed by atoms with E-state index in [1.807, 2.05) is 64.6 Å². The molecule has 0 spiro atoms. The molecular formula is C43H71N5O10. The molecule has 5 N–H and O–H groups in total. The predicted octanol–water partition coefficient (Wildman–Crippen LogP) is 3.59. The lowest BCUT2D eigenvalue weighted by atomic mass is 9.84. The van der Waals surface area contributed by atoms with E-state index in [0.717, 1.165) is 12.0 Å². The standard InChI is InChI=1S/C43H71N5O10/c1-11-28(6)31(25-44-41(53)37(26(2)3)46-42(54)38(27(4)5)47(8)21-16-20-36(50)51)34(57-9)24-35(49)48-22-15-19-33(48)39(58-10)29(7)40(52)45-32(43(55)56)23-30-17-13-12-14-18-30/h12-14,17-18,26-29,31-34,37-39H,11,15-16,19-25H2,1-10H3,(H,44,53)(H,45,52)(H,46,54)(H,50,51)(H,55,56)/t28-,29+,31+,32-,33-,34+,37-,38-,39+/m0/s1. The van der Waals surface area contributed by atoms with Crippen LogP contribution in [0.5, 0.6) is 0 Å². The van der Waals surface area contributed by atoms with Crippen molar-refractivity contribution < 1.29 is 48.5 Å². The summed E-state index contributed by atoms with van der Waals surface area (Å²) in [4.78, 5) is 81.6. The van der Waals surface area contributed by atoms with Gasteiger partial charge >= 0.3 is 11.9 Å². The van der Waals surface area contributed by atoms with Gasteiger partial charge in [-0.3, -0.25) is 28.9 Å². The Morgan fingerprint density at radius 3 is 2.09 bits per heavy atom. The van der Waals surface area contributed by atoms with Gasteiger partial charge in [0.2, 0.25) is 23.6 Å². The quantitative estimate of drug-likeness (QED) is 0.0915. The van der Waals surface area contributed by atoms with Crippen molar-refractivity contribution in [3.63, 3.8) is 0 Å². The number of nitrogens with zero attached hydrogens (tertiary/aromatic N) is 2. The molecule has 58 heavy (non-hydrogen) atoms. The molecule has 0 saturated carbocycles. The van der Waals surface area contributed by atoms with Crippen LogP contribution in [0.3, 0.4) is 0 Å². The second-order valence-electron chi connectivity index (χ2n) is 16.5. The van der Waals surface area contributed by atoms with E-state index in [9.17, 15) is 33.9 Å². The fourth-order valence-corrected chi connectivity index (χ4v) is 8.07. The number of benzene rings is 1. The molecule has 0 unspecified atom stereocenters. The topological polar surface area (TPSA) is 204 Å². The van der Waals surface area contributed by atoms with Crippen molar-refractivity contribution in [2.75, 3.05) is 40.9 Å². The van der Waals surface area contributed by atoms with Gasteiger partial charge in [-0.15, -0.1) is 0 Å². The number of likely N-dealkylation sites (tertiary alicyclic amines) is 1. The summed E-state index contributed by atoms with van der Waals surface area (Å²) in [5.41, 5.74) is 0.777. The molecule has 328 valence electrons. The molecule has 1 aromatic carbocycles. The minimum absolute atomic E-state index is 0.00410. The first kappa shape index (κ1) is 50.1. The summed E-state index contributed by atoms with van der Waals surface area (Å²) in [7, 11) is 4.82. The summed E-state index contributed by atoms with van der Waals surface area (Å²) in [6, 6.07) is 6.12. The number of nitrogens with one attached hydrogen (secondary N) is 3. The second-order valence-corrected chi connectivity index (χ2v) is 16.5. The summed E-state index contributed by atoms with van der Waals surface area (Å²) < 4.78 is 11.8. The normalized spacial score (nSPS) is 18.5. The van der Waals surface area contributed by atoms with Gasteiger partial charge in [0.25, 0.3) is 0 Å². The molecule has 15 nitrogen and oxygen atoms in total. The average Bonchev–Trinajstić information content (AvgIpc) is 3.65. The number of methoxy groups -OCH3 is 2. The minimum atomic E-state index is -1.15. The molecule has 1 heterocycles. The van der Waals surface area contributed by atoms with E-state index in [0.29, 0.717) is 32.4 Å². The zero-order chi connectivity index (χ0) is 43.7. The molecule has 0 aliphatic carbocycles. The summed E-state index contributed by atoms with van der Waals surface area (Å²) in [6.45, 7) is 14.4. The van der Waals surface area contributed by atoms with E-state index in [4.69, 9.17) is 14.6 Å². The van der Waals surface area contributed by atoms with E-state index < -0.39 is 60.1 Å². The zero-order valence-electron chi connectivity index (χ0n) is 36.4. The fraction of sp³-hybridized carbons (Fsp3) is 0.721. The van der Waals surface area contributed by atoms with Gasteiger partial charge in [-0.25, -0.2) is 4.79 Å². The van der Waals surface area contributed by atoms with Gasteiger partial charge in [-0.05, 0) is 56.2 Å². The van der Waals surface area contributed by atoms with Crippen molar-refractivity contribution in [2.45, 2.75) is 130 Å². The van der Waals surface area contributed by atoms with Crippen LogP contribution >= 0.6 is 0 Å². The first-order valence-electron chi connectivity index (χ1n) is 20.8. The van der Waals surface area contributed by atoms with Crippen molar-refractivity contribution in [1.82, 2.24) is 25.8 Å². The summed E-state index contributed by atoms with van der Waals surface area (Å²) in [6.07, 6.45) is 1.36. The second kappa shape index (κ2) is 24.8. The van der Waals surface area contributed by atoms with Crippen LogP contribution in [0.25, 0.3) is 0 Å². The van der Waals surface area contributed by atoms with Gasteiger partial charge in [-0.1, -0.05) is 85.2 Å². The number of carboxylic acid groups (broad SMARTS) is 2. The smallest absolute Gasteiger partial charge is 0.326 e. The Labute approximate surface area is 345 Å². The molecule has 4 amide bonds. The Morgan fingerprint density at radius 1 is 0.897 bits per heavy atom.